The summed E-state index contributed by atoms with van der Waals surface area (Å²) >= 11 is 0. The molecular formula is C26H35N5O4S. The number of hydrogen-bond acceptors (Lipinski definition) is 5. The lowest BCUT2D eigenvalue weighted by Crippen LogP contribution is -2.50. The summed E-state index contributed by atoms with van der Waals surface area (Å²) in [6.45, 7) is 0.890. The zero-order valence-electron chi connectivity index (χ0n) is 20.9. The third kappa shape index (κ3) is 5.90. The maximum Gasteiger partial charge on any atom is 0.268 e. The molecule has 1 saturated heterocycles. The quantitative estimate of drug-likeness (QED) is 0.589. The molecule has 2 heterocycles. The molecule has 0 spiro atoms. The number of hydrogen-bond donors (Lipinski definition) is 2. The number of rotatable bonds is 7. The first-order chi connectivity index (χ1) is 17.2. The minimum atomic E-state index is -3.20. The monoisotopic (exact) mass is 513 g/mol. The zero-order valence-corrected chi connectivity index (χ0v) is 21.8. The molecule has 1 unspecified atom stereocenters. The van der Waals surface area contributed by atoms with E-state index in [9.17, 15) is 23.3 Å². The van der Waals surface area contributed by atoms with Gasteiger partial charge in [-0.15, -0.1) is 0 Å². The van der Waals surface area contributed by atoms with Crippen molar-refractivity contribution in [3.05, 3.63) is 36.0 Å². The predicted octanol–water partition coefficient (Wildman–Crippen LogP) is 2.54. The molecule has 1 saturated carbocycles. The minimum absolute atomic E-state index is 0.182. The highest BCUT2D eigenvalue weighted by molar-refractivity contribution is 7.88. The van der Waals surface area contributed by atoms with Gasteiger partial charge in [0.25, 0.3) is 5.91 Å². The molecule has 4 rings (SSSR count). The molecule has 1 aliphatic heterocycles. The van der Waals surface area contributed by atoms with Crippen molar-refractivity contribution in [3.63, 3.8) is 0 Å². The van der Waals surface area contributed by atoms with E-state index < -0.39 is 16.1 Å². The average Bonchev–Trinajstić information content (AvgIpc) is 3.20. The summed E-state index contributed by atoms with van der Waals surface area (Å²) in [5, 5.41) is 16.7. The van der Waals surface area contributed by atoms with Crippen molar-refractivity contribution in [3.8, 4) is 6.07 Å². The number of aryl methyl sites for hydroxylation is 1. The number of nitriles is 1. The van der Waals surface area contributed by atoms with E-state index in [1.807, 2.05) is 41.9 Å². The van der Waals surface area contributed by atoms with Gasteiger partial charge in [-0.1, -0.05) is 31.0 Å². The van der Waals surface area contributed by atoms with Crippen molar-refractivity contribution >= 4 is 32.7 Å². The van der Waals surface area contributed by atoms with Gasteiger partial charge in [0.15, 0.2) is 0 Å². The number of sulfonamides is 1. The number of fused-ring (bicyclic) bond motifs is 1. The van der Waals surface area contributed by atoms with Gasteiger partial charge < -0.3 is 15.2 Å². The second-order valence-corrected chi connectivity index (χ2v) is 12.1. The highest BCUT2D eigenvalue weighted by Crippen LogP contribution is 2.27. The van der Waals surface area contributed by atoms with Crippen LogP contribution in [-0.4, -0.2) is 60.5 Å². The van der Waals surface area contributed by atoms with Gasteiger partial charge in [0.1, 0.15) is 11.7 Å². The van der Waals surface area contributed by atoms with E-state index in [4.69, 9.17) is 0 Å². The summed E-state index contributed by atoms with van der Waals surface area (Å²) in [4.78, 5) is 26.4. The Morgan fingerprint density at radius 1 is 1.14 bits per heavy atom. The van der Waals surface area contributed by atoms with Crippen molar-refractivity contribution in [2.24, 2.45) is 18.9 Å². The Labute approximate surface area is 212 Å². The maximum atomic E-state index is 13.2. The Morgan fingerprint density at radius 2 is 1.83 bits per heavy atom. The van der Waals surface area contributed by atoms with Crippen LogP contribution in [0.3, 0.4) is 0 Å². The van der Waals surface area contributed by atoms with Crippen molar-refractivity contribution in [2.75, 3.05) is 19.3 Å². The summed E-state index contributed by atoms with van der Waals surface area (Å²) in [5.74, 6) is -0.605. The normalized spacial score (nSPS) is 22.6. The van der Waals surface area contributed by atoms with Crippen molar-refractivity contribution in [1.82, 2.24) is 19.5 Å². The Bertz CT molecular complexity index is 1260. The number of piperidine rings is 1. The van der Waals surface area contributed by atoms with Gasteiger partial charge in [0.2, 0.25) is 15.9 Å². The molecule has 2 aromatic rings. The van der Waals surface area contributed by atoms with Crippen LogP contribution in [0, 0.1) is 23.2 Å². The zero-order chi connectivity index (χ0) is 25.9. The van der Waals surface area contributed by atoms with Crippen LogP contribution in [0.15, 0.2) is 30.3 Å². The smallest absolute Gasteiger partial charge is 0.268 e. The van der Waals surface area contributed by atoms with Crippen LogP contribution >= 0.6 is 0 Å². The van der Waals surface area contributed by atoms with Gasteiger partial charge in [-0.3, -0.25) is 9.59 Å². The molecule has 0 radical (unpaired) electrons. The van der Waals surface area contributed by atoms with E-state index in [1.54, 1.807) is 0 Å². The van der Waals surface area contributed by atoms with E-state index in [1.165, 1.54) is 10.6 Å². The lowest BCUT2D eigenvalue weighted by Gasteiger charge is -2.33. The number of nitrogens with zero attached hydrogens (tertiary/aromatic N) is 3. The van der Waals surface area contributed by atoms with Gasteiger partial charge in [0.05, 0.1) is 18.2 Å². The lowest BCUT2D eigenvalue weighted by atomic mass is 9.83. The van der Waals surface area contributed by atoms with E-state index in [2.05, 4.69) is 16.7 Å². The van der Waals surface area contributed by atoms with Gasteiger partial charge in [-0.2, -0.15) is 5.26 Å². The summed E-state index contributed by atoms with van der Waals surface area (Å²) < 4.78 is 26.8. The number of carbonyl (C=O) groups is 2. The molecule has 2 fully saturated rings. The number of carbonyl (C=O) groups excluding carboxylic acids is 2. The van der Waals surface area contributed by atoms with Crippen LogP contribution in [0.4, 0.5) is 0 Å². The van der Waals surface area contributed by atoms with Crippen LogP contribution < -0.4 is 10.6 Å². The molecule has 10 heteroatoms. The molecule has 2 aliphatic rings. The van der Waals surface area contributed by atoms with E-state index >= 15 is 0 Å². The Morgan fingerprint density at radius 3 is 2.50 bits per heavy atom. The fourth-order valence-corrected chi connectivity index (χ4v) is 6.47. The Balaban J connectivity index is 1.36. The highest BCUT2D eigenvalue weighted by Gasteiger charge is 2.34. The molecule has 36 heavy (non-hydrogen) atoms. The topological polar surface area (TPSA) is 124 Å². The van der Waals surface area contributed by atoms with Gasteiger partial charge >= 0.3 is 0 Å². The molecule has 2 N–H and O–H groups in total. The molecule has 194 valence electrons. The molecule has 3 atom stereocenters. The fourth-order valence-electron chi connectivity index (χ4n) is 5.60. The second kappa shape index (κ2) is 11.0. The van der Waals surface area contributed by atoms with Crippen LogP contribution in [-0.2, 0) is 21.9 Å². The first-order valence-electron chi connectivity index (χ1n) is 12.7. The number of para-hydroxylation sites is 1. The minimum Gasteiger partial charge on any atom is -0.347 e. The summed E-state index contributed by atoms with van der Waals surface area (Å²) in [7, 11) is -1.34. The summed E-state index contributed by atoms with van der Waals surface area (Å²) in [6, 6.07) is 11.0. The molecule has 1 aliphatic carbocycles. The van der Waals surface area contributed by atoms with E-state index in [0.29, 0.717) is 44.5 Å². The van der Waals surface area contributed by atoms with Crippen LogP contribution in [0.25, 0.3) is 10.9 Å². The molecule has 1 aromatic heterocycles. The first-order valence-corrected chi connectivity index (χ1v) is 14.5. The molecule has 0 bridgehead atoms. The van der Waals surface area contributed by atoms with Gasteiger partial charge in [-0.25, -0.2) is 12.7 Å². The Hall–Kier alpha value is -2.90. The average molecular weight is 514 g/mol. The largest absolute Gasteiger partial charge is 0.347 e. The standard InChI is InChI=1S/C26H35N5O4S/c1-30-23-10-6-3-7-19(23)16-24(30)26(33)29-22-9-5-4-8-21(22)25(32)28-20(17-27)15-18-11-13-31(14-12-18)36(2,34)35/h3,6-7,10,16,18,20-22H,4-5,8-9,11-15H2,1-2H3,(H,28,32)(H,29,33)/t20?,21-,22+/m1/s1. The maximum absolute atomic E-state index is 13.2. The SMILES string of the molecule is Cn1c(C(=O)N[C@H]2CCCC[C@H]2C(=O)NC(C#N)CC2CCN(S(C)(=O)=O)CC2)cc2ccccc21. The number of aromatic nitrogens is 1. The Kier molecular flexibility index (Phi) is 8.00. The molecule has 2 amide bonds. The number of benzene rings is 1. The molecular weight excluding hydrogens is 478 g/mol. The molecule has 1 aromatic carbocycles. The van der Waals surface area contributed by atoms with Gasteiger partial charge in [0, 0.05) is 37.1 Å². The van der Waals surface area contributed by atoms with Crippen LogP contribution in [0.5, 0.6) is 0 Å². The van der Waals surface area contributed by atoms with Crippen molar-refractivity contribution < 1.29 is 18.0 Å². The third-order valence-electron chi connectivity index (χ3n) is 7.69. The molecule has 9 nitrogen and oxygen atoms in total. The van der Waals surface area contributed by atoms with Crippen molar-refractivity contribution in [2.45, 2.75) is 57.0 Å². The van der Waals surface area contributed by atoms with E-state index in [0.717, 1.165) is 30.2 Å². The van der Waals surface area contributed by atoms with Crippen LogP contribution in [0.2, 0.25) is 0 Å². The number of nitrogens with one attached hydrogen (secondary N) is 2. The van der Waals surface area contributed by atoms with Gasteiger partial charge in [-0.05, 0) is 50.2 Å². The van der Waals surface area contributed by atoms with E-state index in [-0.39, 0.29) is 29.7 Å². The van der Waals surface area contributed by atoms with Crippen molar-refractivity contribution in [1.29, 1.82) is 5.26 Å². The van der Waals surface area contributed by atoms with Crippen LogP contribution in [0.1, 0.15) is 55.4 Å². The number of amides is 2. The second-order valence-electron chi connectivity index (χ2n) is 10.1. The first kappa shape index (κ1) is 26.2. The predicted molar refractivity (Wildman–Crippen MR) is 137 cm³/mol. The third-order valence-corrected chi connectivity index (χ3v) is 8.99. The lowest BCUT2D eigenvalue weighted by molar-refractivity contribution is -0.127. The highest BCUT2D eigenvalue weighted by atomic mass is 32.2. The fraction of sp³-hybridized carbons (Fsp3) is 0.577. The summed E-state index contributed by atoms with van der Waals surface area (Å²) in [6.07, 6.45) is 6.28. The summed E-state index contributed by atoms with van der Waals surface area (Å²) in [5.41, 5.74) is 1.52.